The van der Waals surface area contributed by atoms with Gasteiger partial charge in [0.2, 0.25) is 5.91 Å². The minimum Gasteiger partial charge on any atom is -0.347 e. The van der Waals surface area contributed by atoms with Crippen molar-refractivity contribution in [1.82, 2.24) is 14.9 Å². The van der Waals surface area contributed by atoms with Crippen LogP contribution >= 0.6 is 11.8 Å². The summed E-state index contributed by atoms with van der Waals surface area (Å²) in [4.78, 5) is 25.1. The number of hydrogen-bond acceptors (Lipinski definition) is 5. The molecule has 2 aromatic rings. The van der Waals surface area contributed by atoms with Crippen LogP contribution in [0.1, 0.15) is 18.4 Å². The van der Waals surface area contributed by atoms with Gasteiger partial charge < -0.3 is 9.80 Å². The lowest BCUT2D eigenvalue weighted by atomic mass is 10.2. The molecule has 0 radical (unpaired) electrons. The van der Waals surface area contributed by atoms with E-state index in [0.717, 1.165) is 36.0 Å². The number of anilines is 1. The summed E-state index contributed by atoms with van der Waals surface area (Å²) in [5.41, 5.74) is 1.26. The third kappa shape index (κ3) is 3.87. The van der Waals surface area contributed by atoms with Gasteiger partial charge in [-0.25, -0.2) is 4.98 Å². The Bertz CT molecular complexity index is 692. The lowest BCUT2D eigenvalue weighted by Crippen LogP contribution is -2.43. The van der Waals surface area contributed by atoms with Gasteiger partial charge in [0.25, 0.3) is 0 Å². The molecular formula is C18H22N4OS. The molecule has 1 fully saturated rings. The Morgan fingerprint density at radius 1 is 1.29 bits per heavy atom. The molecule has 1 amide bonds. The van der Waals surface area contributed by atoms with Crippen molar-refractivity contribution in [2.75, 3.05) is 25.5 Å². The van der Waals surface area contributed by atoms with Crippen molar-refractivity contribution in [2.24, 2.45) is 0 Å². The Morgan fingerprint density at radius 2 is 2.08 bits per heavy atom. The molecule has 0 N–H and O–H groups in total. The second-order valence-corrected chi connectivity index (χ2v) is 7.07. The van der Waals surface area contributed by atoms with Crippen LogP contribution in [0.4, 0.5) is 5.82 Å². The molecule has 6 heteroatoms. The number of rotatable bonds is 5. The maximum Gasteiger partial charge on any atom is 0.244 e. The zero-order valence-corrected chi connectivity index (χ0v) is 14.9. The number of amides is 1. The van der Waals surface area contributed by atoms with Gasteiger partial charge in [0.1, 0.15) is 16.9 Å². The zero-order chi connectivity index (χ0) is 16.9. The first kappa shape index (κ1) is 16.8. The number of benzene rings is 1. The molecular weight excluding hydrogens is 320 g/mol. The SMILES string of the molecule is CN(C)C(=O)C1CCCN1c1cncc(SCc2ccccc2)n1. The summed E-state index contributed by atoms with van der Waals surface area (Å²) >= 11 is 1.67. The van der Waals surface area contributed by atoms with E-state index in [9.17, 15) is 4.79 Å². The Morgan fingerprint density at radius 3 is 2.83 bits per heavy atom. The Kier molecular flexibility index (Phi) is 5.35. The number of nitrogens with zero attached hydrogens (tertiary/aromatic N) is 4. The van der Waals surface area contributed by atoms with Gasteiger partial charge in [-0.05, 0) is 18.4 Å². The monoisotopic (exact) mass is 342 g/mol. The summed E-state index contributed by atoms with van der Waals surface area (Å²) in [6, 6.07) is 10.2. The number of carbonyl (C=O) groups excluding carboxylic acids is 1. The second kappa shape index (κ2) is 7.66. The standard InChI is InChI=1S/C18H22N4OS/c1-21(2)18(23)15-9-6-10-22(15)16-11-19-12-17(20-16)24-13-14-7-4-3-5-8-14/h3-5,7-8,11-12,15H,6,9-10,13H2,1-2H3. The van der Waals surface area contributed by atoms with E-state index in [0.29, 0.717) is 0 Å². The first-order chi connectivity index (χ1) is 11.6. The molecule has 1 saturated heterocycles. The van der Waals surface area contributed by atoms with Gasteiger partial charge in [-0.15, -0.1) is 11.8 Å². The van der Waals surface area contributed by atoms with E-state index in [1.165, 1.54) is 5.56 Å². The van der Waals surface area contributed by atoms with E-state index >= 15 is 0 Å². The highest BCUT2D eigenvalue weighted by Gasteiger charge is 2.32. The van der Waals surface area contributed by atoms with Crippen molar-refractivity contribution < 1.29 is 4.79 Å². The Balaban J connectivity index is 1.71. The highest BCUT2D eigenvalue weighted by atomic mass is 32.2. The predicted molar refractivity (Wildman–Crippen MR) is 97.1 cm³/mol. The van der Waals surface area contributed by atoms with Crippen molar-refractivity contribution >= 4 is 23.5 Å². The fourth-order valence-electron chi connectivity index (χ4n) is 2.87. The quantitative estimate of drug-likeness (QED) is 0.782. The maximum absolute atomic E-state index is 12.4. The molecule has 1 aliphatic heterocycles. The first-order valence-corrected chi connectivity index (χ1v) is 9.10. The zero-order valence-electron chi connectivity index (χ0n) is 14.1. The van der Waals surface area contributed by atoms with Gasteiger partial charge in [-0.3, -0.25) is 9.78 Å². The van der Waals surface area contributed by atoms with Crippen molar-refractivity contribution in [3.05, 3.63) is 48.3 Å². The van der Waals surface area contributed by atoms with E-state index in [2.05, 4.69) is 22.0 Å². The molecule has 1 atom stereocenters. The van der Waals surface area contributed by atoms with Crippen molar-refractivity contribution in [3.63, 3.8) is 0 Å². The number of likely N-dealkylation sites (N-methyl/N-ethyl adjacent to an activating group) is 1. The first-order valence-electron chi connectivity index (χ1n) is 8.12. The van der Waals surface area contributed by atoms with E-state index in [4.69, 9.17) is 4.98 Å². The third-order valence-corrected chi connectivity index (χ3v) is 5.07. The van der Waals surface area contributed by atoms with Crippen LogP contribution in [0.3, 0.4) is 0 Å². The van der Waals surface area contributed by atoms with Gasteiger partial charge in [0, 0.05) is 26.4 Å². The van der Waals surface area contributed by atoms with Gasteiger partial charge in [-0.2, -0.15) is 0 Å². The average Bonchev–Trinajstić information content (AvgIpc) is 3.10. The summed E-state index contributed by atoms with van der Waals surface area (Å²) in [6.07, 6.45) is 5.43. The average molecular weight is 342 g/mol. The van der Waals surface area contributed by atoms with Crippen molar-refractivity contribution in [3.8, 4) is 0 Å². The molecule has 0 aliphatic carbocycles. The lowest BCUT2D eigenvalue weighted by Gasteiger charge is -2.27. The lowest BCUT2D eigenvalue weighted by molar-refractivity contribution is -0.129. The van der Waals surface area contributed by atoms with Gasteiger partial charge in [0.15, 0.2) is 0 Å². The van der Waals surface area contributed by atoms with Crippen LogP contribution < -0.4 is 4.90 Å². The highest BCUT2D eigenvalue weighted by molar-refractivity contribution is 7.98. The van der Waals surface area contributed by atoms with Crippen LogP contribution in [-0.2, 0) is 10.5 Å². The van der Waals surface area contributed by atoms with Gasteiger partial charge in [0.05, 0.1) is 12.4 Å². The minimum atomic E-state index is -0.122. The molecule has 1 unspecified atom stereocenters. The summed E-state index contributed by atoms with van der Waals surface area (Å²) in [7, 11) is 3.60. The van der Waals surface area contributed by atoms with Crippen LogP contribution in [0.5, 0.6) is 0 Å². The summed E-state index contributed by atoms with van der Waals surface area (Å²) < 4.78 is 0. The molecule has 1 aliphatic rings. The van der Waals surface area contributed by atoms with E-state index in [-0.39, 0.29) is 11.9 Å². The molecule has 126 valence electrons. The molecule has 0 saturated carbocycles. The van der Waals surface area contributed by atoms with Crippen LogP contribution in [0.2, 0.25) is 0 Å². The molecule has 1 aromatic heterocycles. The van der Waals surface area contributed by atoms with Crippen molar-refractivity contribution in [2.45, 2.75) is 29.7 Å². The van der Waals surface area contributed by atoms with E-state index in [1.807, 2.05) is 18.2 Å². The summed E-state index contributed by atoms with van der Waals surface area (Å²) in [5.74, 6) is 1.79. The molecule has 5 nitrogen and oxygen atoms in total. The molecule has 0 bridgehead atoms. The molecule has 3 rings (SSSR count). The number of aromatic nitrogens is 2. The number of carbonyl (C=O) groups is 1. The molecule has 1 aromatic carbocycles. The Hall–Kier alpha value is -2.08. The number of thioether (sulfide) groups is 1. The molecule has 2 heterocycles. The van der Waals surface area contributed by atoms with Crippen LogP contribution in [0.15, 0.2) is 47.8 Å². The van der Waals surface area contributed by atoms with Gasteiger partial charge >= 0.3 is 0 Å². The summed E-state index contributed by atoms with van der Waals surface area (Å²) in [5, 5.41) is 0.888. The fourth-order valence-corrected chi connectivity index (χ4v) is 3.67. The number of hydrogen-bond donors (Lipinski definition) is 0. The normalized spacial score (nSPS) is 17.1. The third-order valence-electron chi connectivity index (χ3n) is 4.10. The molecule has 0 spiro atoms. The van der Waals surface area contributed by atoms with E-state index in [1.54, 1.807) is 43.2 Å². The predicted octanol–water partition coefficient (Wildman–Crippen LogP) is 2.83. The van der Waals surface area contributed by atoms with E-state index < -0.39 is 0 Å². The topological polar surface area (TPSA) is 49.3 Å². The smallest absolute Gasteiger partial charge is 0.244 e. The maximum atomic E-state index is 12.4. The fraction of sp³-hybridized carbons (Fsp3) is 0.389. The minimum absolute atomic E-state index is 0.122. The Labute approximate surface area is 147 Å². The van der Waals surface area contributed by atoms with Gasteiger partial charge in [-0.1, -0.05) is 30.3 Å². The highest BCUT2D eigenvalue weighted by Crippen LogP contribution is 2.27. The second-order valence-electron chi connectivity index (χ2n) is 6.07. The van der Waals surface area contributed by atoms with Crippen LogP contribution in [0.25, 0.3) is 0 Å². The van der Waals surface area contributed by atoms with Crippen LogP contribution in [-0.4, -0.2) is 47.5 Å². The van der Waals surface area contributed by atoms with Crippen molar-refractivity contribution in [1.29, 1.82) is 0 Å². The largest absolute Gasteiger partial charge is 0.347 e. The summed E-state index contributed by atoms with van der Waals surface area (Å²) in [6.45, 7) is 0.853. The van der Waals surface area contributed by atoms with Crippen LogP contribution in [0, 0.1) is 0 Å². The molecule has 24 heavy (non-hydrogen) atoms.